The Balaban J connectivity index is 2.40. The van der Waals surface area contributed by atoms with Crippen LogP contribution in [0.1, 0.15) is 0 Å². The second kappa shape index (κ2) is 5.47. The molecule has 0 aromatic heterocycles. The van der Waals surface area contributed by atoms with E-state index in [9.17, 15) is 4.39 Å². The monoisotopic (exact) mass is 392 g/mol. The van der Waals surface area contributed by atoms with E-state index < -0.39 is 5.82 Å². The topological polar surface area (TPSA) is 38.0 Å². The lowest BCUT2D eigenvalue weighted by atomic mass is 10.2. The minimum absolute atomic E-state index is 0.297. The molecule has 94 valence electrons. The van der Waals surface area contributed by atoms with Crippen LogP contribution in [0.15, 0.2) is 39.3 Å². The lowest BCUT2D eigenvalue weighted by molar-refractivity contribution is 0.627. The number of hydrogen-bond donors (Lipinski definition) is 2. The molecule has 0 fully saturated rings. The van der Waals surface area contributed by atoms with Crippen LogP contribution >= 0.6 is 43.5 Å². The molecule has 0 aliphatic rings. The van der Waals surface area contributed by atoms with E-state index >= 15 is 0 Å². The molecule has 2 aromatic carbocycles. The molecule has 3 N–H and O–H groups in total. The van der Waals surface area contributed by atoms with E-state index in [-0.39, 0.29) is 0 Å². The van der Waals surface area contributed by atoms with Gasteiger partial charge >= 0.3 is 0 Å². The van der Waals surface area contributed by atoms with E-state index in [1.165, 1.54) is 12.1 Å². The van der Waals surface area contributed by atoms with E-state index in [1.807, 2.05) is 6.07 Å². The first-order valence-electron chi connectivity index (χ1n) is 4.94. The molecule has 2 rings (SSSR count). The van der Waals surface area contributed by atoms with Crippen molar-refractivity contribution < 1.29 is 4.39 Å². The van der Waals surface area contributed by atoms with Crippen molar-refractivity contribution in [2.45, 2.75) is 0 Å². The predicted molar refractivity (Wildman–Crippen MR) is 80.9 cm³/mol. The van der Waals surface area contributed by atoms with Crippen molar-refractivity contribution in [3.8, 4) is 0 Å². The number of nitrogen functional groups attached to an aromatic ring is 1. The van der Waals surface area contributed by atoms with Gasteiger partial charge in [-0.1, -0.05) is 11.6 Å². The van der Waals surface area contributed by atoms with Crippen molar-refractivity contribution in [3.63, 3.8) is 0 Å². The fraction of sp³-hybridized carbons (Fsp3) is 0. The number of nitrogens with two attached hydrogens (primary N) is 1. The highest BCUT2D eigenvalue weighted by Gasteiger charge is 2.10. The van der Waals surface area contributed by atoms with Crippen molar-refractivity contribution in [3.05, 3.63) is 50.1 Å². The van der Waals surface area contributed by atoms with Crippen molar-refractivity contribution in [1.82, 2.24) is 0 Å². The number of anilines is 3. The van der Waals surface area contributed by atoms with Gasteiger partial charge in [0.1, 0.15) is 5.82 Å². The number of benzene rings is 2. The van der Waals surface area contributed by atoms with Gasteiger partial charge in [-0.3, -0.25) is 0 Å². The van der Waals surface area contributed by atoms with Gasteiger partial charge in [0.05, 0.1) is 16.4 Å². The zero-order chi connectivity index (χ0) is 13.3. The summed E-state index contributed by atoms with van der Waals surface area (Å²) in [5.74, 6) is -0.395. The summed E-state index contributed by atoms with van der Waals surface area (Å²) in [5, 5.41) is 3.41. The highest BCUT2D eigenvalue weighted by atomic mass is 79.9. The summed E-state index contributed by atoms with van der Waals surface area (Å²) >= 11 is 12.7. The Morgan fingerprint density at radius 3 is 2.44 bits per heavy atom. The van der Waals surface area contributed by atoms with Crippen molar-refractivity contribution in [2.24, 2.45) is 0 Å². The van der Waals surface area contributed by atoms with E-state index in [2.05, 4.69) is 37.2 Å². The van der Waals surface area contributed by atoms with Crippen LogP contribution in [0, 0.1) is 5.82 Å². The fourth-order valence-corrected chi connectivity index (χ4v) is 2.82. The van der Waals surface area contributed by atoms with Crippen LogP contribution in [0.3, 0.4) is 0 Å². The van der Waals surface area contributed by atoms with E-state index in [1.54, 1.807) is 12.1 Å². The van der Waals surface area contributed by atoms with Crippen LogP contribution < -0.4 is 11.1 Å². The van der Waals surface area contributed by atoms with Gasteiger partial charge in [0, 0.05) is 14.6 Å². The van der Waals surface area contributed by atoms with Gasteiger partial charge in [0.25, 0.3) is 0 Å². The molecule has 0 radical (unpaired) electrons. The van der Waals surface area contributed by atoms with Crippen LogP contribution in [0.2, 0.25) is 5.02 Å². The molecule has 0 saturated heterocycles. The molecule has 0 heterocycles. The number of rotatable bonds is 2. The molecule has 0 aliphatic heterocycles. The maximum absolute atomic E-state index is 13.1. The zero-order valence-corrected chi connectivity index (χ0v) is 12.9. The number of halogens is 4. The van der Waals surface area contributed by atoms with Gasteiger partial charge in [-0.25, -0.2) is 4.39 Å². The predicted octanol–water partition coefficient (Wildman–Crippen LogP) is 5.33. The lowest BCUT2D eigenvalue weighted by Gasteiger charge is -2.12. The molecule has 0 atom stereocenters. The third-order valence-corrected chi connectivity index (χ3v) is 3.84. The summed E-state index contributed by atoms with van der Waals surface area (Å²) < 4.78 is 14.5. The third kappa shape index (κ3) is 2.96. The summed E-state index contributed by atoms with van der Waals surface area (Å²) in [7, 11) is 0. The molecule has 0 unspecified atom stereocenters. The molecule has 2 aromatic rings. The van der Waals surface area contributed by atoms with Gasteiger partial charge in [-0.2, -0.15) is 0 Å². The second-order valence-electron chi connectivity index (χ2n) is 3.61. The molecule has 0 aliphatic carbocycles. The molecule has 6 heteroatoms. The Labute approximate surface area is 126 Å². The Kier molecular flexibility index (Phi) is 4.14. The highest BCUT2D eigenvalue weighted by Crippen LogP contribution is 2.36. The first-order chi connectivity index (χ1) is 8.47. The van der Waals surface area contributed by atoms with Crippen molar-refractivity contribution >= 4 is 60.5 Å². The average Bonchev–Trinajstić information content (AvgIpc) is 2.25. The maximum atomic E-state index is 13.1. The minimum atomic E-state index is -0.395. The lowest BCUT2D eigenvalue weighted by Crippen LogP contribution is -1.95. The van der Waals surface area contributed by atoms with Crippen LogP contribution in [0.5, 0.6) is 0 Å². The molecule has 0 saturated carbocycles. The Bertz CT molecular complexity index is 582. The van der Waals surface area contributed by atoms with Crippen LogP contribution in [0.4, 0.5) is 21.5 Å². The molecular formula is C12H8Br2ClFN2. The van der Waals surface area contributed by atoms with E-state index in [0.717, 1.165) is 10.2 Å². The normalized spacial score (nSPS) is 10.4. The van der Waals surface area contributed by atoms with Crippen LogP contribution in [-0.4, -0.2) is 0 Å². The molecular weight excluding hydrogens is 386 g/mol. The van der Waals surface area contributed by atoms with Gasteiger partial charge < -0.3 is 11.1 Å². The molecule has 0 bridgehead atoms. The first kappa shape index (κ1) is 13.6. The van der Waals surface area contributed by atoms with Gasteiger partial charge in [0.2, 0.25) is 0 Å². The second-order valence-corrected chi connectivity index (χ2v) is 5.72. The summed E-state index contributed by atoms with van der Waals surface area (Å²) in [6, 6.07) is 7.94. The van der Waals surface area contributed by atoms with Gasteiger partial charge in [-0.15, -0.1) is 0 Å². The Morgan fingerprint density at radius 1 is 1.11 bits per heavy atom. The summed E-state index contributed by atoms with van der Waals surface area (Å²) in [5.41, 5.74) is 7.70. The SMILES string of the molecule is Nc1ccc(Nc2c(Cl)cc(F)cc2Br)c(Br)c1. The van der Waals surface area contributed by atoms with Crippen LogP contribution in [0.25, 0.3) is 0 Å². The smallest absolute Gasteiger partial charge is 0.125 e. The molecule has 18 heavy (non-hydrogen) atoms. The summed E-state index contributed by atoms with van der Waals surface area (Å²) in [6.07, 6.45) is 0. The quantitative estimate of drug-likeness (QED) is 0.676. The Morgan fingerprint density at radius 2 is 1.83 bits per heavy atom. The summed E-state index contributed by atoms with van der Waals surface area (Å²) in [4.78, 5) is 0. The first-order valence-corrected chi connectivity index (χ1v) is 6.90. The number of nitrogens with one attached hydrogen (secondary N) is 1. The van der Waals surface area contributed by atoms with Crippen molar-refractivity contribution in [1.29, 1.82) is 0 Å². The minimum Gasteiger partial charge on any atom is -0.399 e. The molecule has 2 nitrogen and oxygen atoms in total. The Hall–Kier alpha value is -0.780. The van der Waals surface area contributed by atoms with Gasteiger partial charge in [-0.05, 0) is 62.2 Å². The molecule has 0 spiro atoms. The van der Waals surface area contributed by atoms with E-state index in [0.29, 0.717) is 20.9 Å². The number of hydrogen-bond acceptors (Lipinski definition) is 2. The summed E-state index contributed by atoms with van der Waals surface area (Å²) in [6.45, 7) is 0. The standard InChI is InChI=1S/C12H8Br2ClFN2/c13-8-5-7(17)1-2-11(8)18-12-9(14)3-6(16)4-10(12)15/h1-5,18H,17H2. The maximum Gasteiger partial charge on any atom is 0.125 e. The average molecular weight is 394 g/mol. The van der Waals surface area contributed by atoms with Crippen molar-refractivity contribution in [2.75, 3.05) is 11.1 Å². The molecule has 0 amide bonds. The zero-order valence-electron chi connectivity index (χ0n) is 8.98. The largest absolute Gasteiger partial charge is 0.399 e. The van der Waals surface area contributed by atoms with E-state index in [4.69, 9.17) is 17.3 Å². The third-order valence-electron chi connectivity index (χ3n) is 2.26. The fourth-order valence-electron chi connectivity index (χ4n) is 1.43. The van der Waals surface area contributed by atoms with Gasteiger partial charge in [0.15, 0.2) is 0 Å². The van der Waals surface area contributed by atoms with Crippen LogP contribution in [-0.2, 0) is 0 Å². The highest BCUT2D eigenvalue weighted by molar-refractivity contribution is 9.11.